The quantitative estimate of drug-likeness (QED) is 0.815. The summed E-state index contributed by atoms with van der Waals surface area (Å²) in [6.45, 7) is 4.05. The van der Waals surface area contributed by atoms with Crippen LogP contribution in [-0.2, 0) is 6.54 Å². The average Bonchev–Trinajstić information content (AvgIpc) is 2.47. The second-order valence-corrected chi connectivity index (χ2v) is 4.87. The number of carbonyl (C=O) groups excluding carboxylic acids is 1. The van der Waals surface area contributed by atoms with E-state index in [0.29, 0.717) is 12.2 Å². The maximum atomic E-state index is 12.0. The first-order valence-corrected chi connectivity index (χ1v) is 6.82. The highest BCUT2D eigenvalue weighted by atomic mass is 35.5. The van der Waals surface area contributed by atoms with E-state index in [0.717, 1.165) is 16.9 Å². The van der Waals surface area contributed by atoms with E-state index in [2.05, 4.69) is 5.10 Å². The number of methoxy groups -OCH3 is 1. The molecule has 0 spiro atoms. The van der Waals surface area contributed by atoms with Crippen molar-refractivity contribution < 1.29 is 9.53 Å². The third-order valence-electron chi connectivity index (χ3n) is 3.18. The van der Waals surface area contributed by atoms with Gasteiger partial charge in [0.25, 0.3) is 10.8 Å². The number of aromatic nitrogens is 2. The summed E-state index contributed by atoms with van der Waals surface area (Å²) in [5.41, 5.74) is 1.69. The van der Waals surface area contributed by atoms with Crippen molar-refractivity contribution in [3.05, 3.63) is 45.7 Å². The molecular weight excluding hydrogens is 292 g/mol. The van der Waals surface area contributed by atoms with Gasteiger partial charge in [-0.25, -0.2) is 4.68 Å². The smallest absolute Gasteiger partial charge is 0.278 e. The monoisotopic (exact) mass is 306 g/mol. The molecular formula is C15H15ClN2O3. The highest BCUT2D eigenvalue weighted by Gasteiger charge is 2.14. The van der Waals surface area contributed by atoms with E-state index in [9.17, 15) is 9.59 Å². The van der Waals surface area contributed by atoms with Gasteiger partial charge in [-0.05, 0) is 55.3 Å². The zero-order valence-corrected chi connectivity index (χ0v) is 12.8. The van der Waals surface area contributed by atoms with Gasteiger partial charge < -0.3 is 4.74 Å². The highest BCUT2D eigenvalue weighted by molar-refractivity contribution is 6.67. The molecule has 0 fully saturated rings. The second-order valence-electron chi connectivity index (χ2n) is 4.52. The molecule has 1 heterocycles. The maximum Gasteiger partial charge on any atom is 0.278 e. The first-order chi connectivity index (χ1) is 9.97. The fourth-order valence-corrected chi connectivity index (χ4v) is 2.21. The van der Waals surface area contributed by atoms with Crippen molar-refractivity contribution in [1.82, 2.24) is 9.78 Å². The number of nitrogens with zero attached hydrogens (tertiary/aromatic N) is 2. The number of hydrogen-bond donors (Lipinski definition) is 0. The van der Waals surface area contributed by atoms with Crippen LogP contribution in [0.5, 0.6) is 5.75 Å². The molecule has 0 aliphatic carbocycles. The Labute approximate surface area is 127 Å². The Morgan fingerprint density at radius 1 is 1.38 bits per heavy atom. The molecule has 5 nitrogen and oxygen atoms in total. The van der Waals surface area contributed by atoms with Crippen LogP contribution in [0.2, 0.25) is 0 Å². The van der Waals surface area contributed by atoms with Crippen molar-refractivity contribution in [3.63, 3.8) is 0 Å². The molecule has 0 unspecified atom stereocenters. The SMILES string of the molecule is CCn1nc(-c2ccc(OC)c(C)c2)cc(C(=O)Cl)c1=O. The van der Waals surface area contributed by atoms with Crippen molar-refractivity contribution in [3.8, 4) is 17.0 Å². The Hall–Kier alpha value is -2.14. The summed E-state index contributed by atoms with van der Waals surface area (Å²) in [4.78, 5) is 23.4. The van der Waals surface area contributed by atoms with Crippen molar-refractivity contribution in [1.29, 1.82) is 0 Å². The Bertz CT molecular complexity index is 753. The van der Waals surface area contributed by atoms with Crippen LogP contribution in [-0.4, -0.2) is 22.1 Å². The molecule has 0 aliphatic heterocycles. The molecule has 0 amide bonds. The fraction of sp³-hybridized carbons (Fsp3) is 0.267. The van der Waals surface area contributed by atoms with E-state index < -0.39 is 10.8 Å². The number of aryl methyl sites for hydroxylation is 2. The summed E-state index contributed by atoms with van der Waals surface area (Å²) in [7, 11) is 1.60. The first-order valence-electron chi connectivity index (χ1n) is 6.45. The van der Waals surface area contributed by atoms with Crippen LogP contribution >= 0.6 is 11.6 Å². The van der Waals surface area contributed by atoms with E-state index in [4.69, 9.17) is 16.3 Å². The predicted octanol–water partition coefficient (Wildman–Crippen LogP) is 2.63. The molecule has 2 rings (SSSR count). The normalized spacial score (nSPS) is 10.5. The molecule has 0 saturated heterocycles. The van der Waals surface area contributed by atoms with Gasteiger partial charge in [0.15, 0.2) is 0 Å². The van der Waals surface area contributed by atoms with Crippen LogP contribution in [0.25, 0.3) is 11.3 Å². The molecule has 21 heavy (non-hydrogen) atoms. The molecule has 110 valence electrons. The van der Waals surface area contributed by atoms with Gasteiger partial charge in [-0.1, -0.05) is 0 Å². The molecule has 2 aromatic rings. The van der Waals surface area contributed by atoms with Gasteiger partial charge in [-0.2, -0.15) is 5.10 Å². The number of rotatable bonds is 4. The van der Waals surface area contributed by atoms with E-state index in [-0.39, 0.29) is 5.56 Å². The highest BCUT2D eigenvalue weighted by Crippen LogP contribution is 2.24. The summed E-state index contributed by atoms with van der Waals surface area (Å²) in [6, 6.07) is 6.94. The van der Waals surface area contributed by atoms with Gasteiger partial charge in [0, 0.05) is 12.1 Å². The van der Waals surface area contributed by atoms with Crippen LogP contribution in [0.3, 0.4) is 0 Å². The molecule has 0 atom stereocenters. The largest absolute Gasteiger partial charge is 0.496 e. The third-order valence-corrected chi connectivity index (χ3v) is 3.38. The average molecular weight is 307 g/mol. The van der Waals surface area contributed by atoms with Gasteiger partial charge in [0.2, 0.25) is 0 Å². The fourth-order valence-electron chi connectivity index (χ4n) is 2.08. The zero-order valence-electron chi connectivity index (χ0n) is 12.0. The molecule has 0 bridgehead atoms. The van der Waals surface area contributed by atoms with E-state index in [1.807, 2.05) is 25.1 Å². The molecule has 1 aromatic heterocycles. The van der Waals surface area contributed by atoms with Gasteiger partial charge in [0.05, 0.1) is 12.8 Å². The van der Waals surface area contributed by atoms with Crippen molar-refractivity contribution in [2.24, 2.45) is 0 Å². The van der Waals surface area contributed by atoms with Crippen LogP contribution in [0.4, 0.5) is 0 Å². The Morgan fingerprint density at radius 3 is 2.62 bits per heavy atom. The summed E-state index contributed by atoms with van der Waals surface area (Å²) in [6.07, 6.45) is 0. The third kappa shape index (κ3) is 2.97. The minimum Gasteiger partial charge on any atom is -0.496 e. The number of hydrogen-bond acceptors (Lipinski definition) is 4. The lowest BCUT2D eigenvalue weighted by atomic mass is 10.1. The molecule has 0 radical (unpaired) electrons. The standard InChI is InChI=1S/C15H15ClN2O3/c1-4-18-15(20)11(14(16)19)8-12(17-18)10-5-6-13(21-3)9(2)7-10/h5-8H,4H2,1-3H3. The van der Waals surface area contributed by atoms with E-state index in [1.54, 1.807) is 14.0 Å². The lowest BCUT2D eigenvalue weighted by Gasteiger charge is -2.10. The van der Waals surface area contributed by atoms with E-state index >= 15 is 0 Å². The van der Waals surface area contributed by atoms with Crippen LogP contribution in [0, 0.1) is 6.92 Å². The second kappa shape index (κ2) is 6.10. The van der Waals surface area contributed by atoms with Crippen LogP contribution < -0.4 is 10.3 Å². The van der Waals surface area contributed by atoms with Crippen molar-refractivity contribution in [2.45, 2.75) is 20.4 Å². The van der Waals surface area contributed by atoms with Gasteiger partial charge in [-0.3, -0.25) is 9.59 Å². The van der Waals surface area contributed by atoms with Crippen molar-refractivity contribution >= 4 is 16.8 Å². The number of carbonyl (C=O) groups is 1. The zero-order chi connectivity index (χ0) is 15.6. The van der Waals surface area contributed by atoms with E-state index in [1.165, 1.54) is 10.7 Å². The topological polar surface area (TPSA) is 61.2 Å². The number of ether oxygens (including phenoxy) is 1. The van der Waals surface area contributed by atoms with Gasteiger partial charge in [0.1, 0.15) is 11.3 Å². The van der Waals surface area contributed by atoms with Crippen LogP contribution in [0.15, 0.2) is 29.1 Å². The lowest BCUT2D eigenvalue weighted by molar-refractivity contribution is 0.107. The van der Waals surface area contributed by atoms with Crippen LogP contribution in [0.1, 0.15) is 22.8 Å². The molecule has 6 heteroatoms. The Kier molecular flexibility index (Phi) is 4.43. The summed E-state index contributed by atoms with van der Waals surface area (Å²) in [5, 5.41) is 3.47. The summed E-state index contributed by atoms with van der Waals surface area (Å²) < 4.78 is 6.44. The predicted molar refractivity (Wildman–Crippen MR) is 81.1 cm³/mol. The summed E-state index contributed by atoms with van der Waals surface area (Å²) in [5.74, 6) is 0.760. The molecule has 0 saturated carbocycles. The van der Waals surface area contributed by atoms with Gasteiger partial charge in [-0.15, -0.1) is 0 Å². The summed E-state index contributed by atoms with van der Waals surface area (Å²) >= 11 is 5.48. The minimum atomic E-state index is -0.781. The molecule has 0 N–H and O–H groups in total. The number of benzene rings is 1. The van der Waals surface area contributed by atoms with Gasteiger partial charge >= 0.3 is 0 Å². The molecule has 1 aromatic carbocycles. The lowest BCUT2D eigenvalue weighted by Crippen LogP contribution is -2.27. The maximum absolute atomic E-state index is 12.0. The number of halogens is 1. The Balaban J connectivity index is 2.64. The Morgan fingerprint density at radius 2 is 2.10 bits per heavy atom. The molecule has 0 aliphatic rings. The first kappa shape index (κ1) is 15.3. The minimum absolute atomic E-state index is 0.0722. The van der Waals surface area contributed by atoms with Crippen molar-refractivity contribution in [2.75, 3.05) is 7.11 Å².